The maximum atomic E-state index is 12.7. The summed E-state index contributed by atoms with van der Waals surface area (Å²) < 4.78 is 5.15. The monoisotopic (exact) mass is 328 g/mol. The third-order valence-corrected chi connectivity index (χ3v) is 4.89. The van der Waals surface area contributed by atoms with Crippen molar-refractivity contribution in [1.82, 2.24) is 10.1 Å². The predicted octanol–water partition coefficient (Wildman–Crippen LogP) is 2.95. The topological polar surface area (TPSA) is 66.6 Å². The van der Waals surface area contributed by atoms with E-state index in [1.54, 1.807) is 0 Å². The third-order valence-electron chi connectivity index (χ3n) is 4.89. The van der Waals surface area contributed by atoms with Crippen LogP contribution in [0.2, 0.25) is 0 Å². The number of hydrogen-bond acceptors (Lipinski definition) is 4. The Morgan fingerprint density at radius 1 is 1.38 bits per heavy atom. The smallest absolute Gasteiger partial charge is 0.227 e. The van der Waals surface area contributed by atoms with Gasteiger partial charge in [-0.2, -0.15) is 0 Å². The highest BCUT2D eigenvalue weighted by Crippen LogP contribution is 2.28. The molecular formula is C19H24N2O3. The number of aromatic nitrogens is 1. The quantitative estimate of drug-likeness (QED) is 0.916. The maximum absolute atomic E-state index is 12.7. The van der Waals surface area contributed by atoms with Crippen molar-refractivity contribution in [2.45, 2.75) is 51.7 Å². The lowest BCUT2D eigenvalue weighted by Crippen LogP contribution is -2.37. The number of likely N-dealkylation sites (tertiary alicyclic amines) is 1. The van der Waals surface area contributed by atoms with Gasteiger partial charge in [0.15, 0.2) is 0 Å². The number of carbonyl (C=O) groups is 1. The minimum absolute atomic E-state index is 0.0900. The molecule has 0 bridgehead atoms. The van der Waals surface area contributed by atoms with Crippen molar-refractivity contribution in [2.75, 3.05) is 6.54 Å². The van der Waals surface area contributed by atoms with E-state index in [4.69, 9.17) is 4.52 Å². The first kappa shape index (κ1) is 16.7. The van der Waals surface area contributed by atoms with E-state index >= 15 is 0 Å². The van der Waals surface area contributed by atoms with Gasteiger partial charge in [0.05, 0.1) is 18.2 Å². The number of rotatable bonds is 5. The summed E-state index contributed by atoms with van der Waals surface area (Å²) in [5.41, 5.74) is 2.57. The minimum atomic E-state index is -0.538. The number of amides is 1. The summed E-state index contributed by atoms with van der Waals surface area (Å²) in [7, 11) is 0. The Hall–Kier alpha value is -2.14. The largest absolute Gasteiger partial charge is 0.388 e. The zero-order valence-electron chi connectivity index (χ0n) is 14.2. The van der Waals surface area contributed by atoms with Crippen LogP contribution >= 0.6 is 0 Å². The van der Waals surface area contributed by atoms with Crippen LogP contribution in [0.3, 0.4) is 0 Å². The molecule has 0 radical (unpaired) electrons. The summed E-state index contributed by atoms with van der Waals surface area (Å²) in [5.74, 6) is 0.799. The zero-order valence-corrected chi connectivity index (χ0v) is 14.2. The van der Waals surface area contributed by atoms with Crippen LogP contribution in [0.4, 0.5) is 0 Å². The van der Waals surface area contributed by atoms with Crippen LogP contribution in [0.1, 0.15) is 47.9 Å². The molecule has 1 aromatic carbocycles. The summed E-state index contributed by atoms with van der Waals surface area (Å²) >= 11 is 0. The number of carbonyl (C=O) groups excluding carboxylic acids is 1. The van der Waals surface area contributed by atoms with Crippen molar-refractivity contribution in [1.29, 1.82) is 0 Å². The van der Waals surface area contributed by atoms with Crippen molar-refractivity contribution >= 4 is 5.91 Å². The van der Waals surface area contributed by atoms with E-state index in [0.717, 1.165) is 36.2 Å². The molecule has 5 nitrogen and oxygen atoms in total. The van der Waals surface area contributed by atoms with Crippen molar-refractivity contribution in [3.8, 4) is 0 Å². The Labute approximate surface area is 142 Å². The molecule has 1 N–H and O–H groups in total. The molecule has 24 heavy (non-hydrogen) atoms. The van der Waals surface area contributed by atoms with Gasteiger partial charge >= 0.3 is 0 Å². The van der Waals surface area contributed by atoms with E-state index < -0.39 is 6.10 Å². The van der Waals surface area contributed by atoms with E-state index in [1.165, 1.54) is 0 Å². The molecule has 1 aromatic heterocycles. The molecule has 2 aromatic rings. The summed E-state index contributed by atoms with van der Waals surface area (Å²) in [6.45, 7) is 4.46. The van der Waals surface area contributed by atoms with Gasteiger partial charge in [0.1, 0.15) is 5.76 Å². The molecule has 1 saturated heterocycles. The van der Waals surface area contributed by atoms with Gasteiger partial charge in [-0.15, -0.1) is 0 Å². The van der Waals surface area contributed by atoms with Crippen molar-refractivity contribution in [2.24, 2.45) is 0 Å². The molecule has 0 saturated carbocycles. The van der Waals surface area contributed by atoms with E-state index in [-0.39, 0.29) is 11.9 Å². The highest BCUT2D eigenvalue weighted by Gasteiger charge is 2.31. The van der Waals surface area contributed by atoms with Crippen LogP contribution in [0.15, 0.2) is 34.9 Å². The first-order valence-corrected chi connectivity index (χ1v) is 8.50. The second-order valence-electron chi connectivity index (χ2n) is 6.52. The second kappa shape index (κ2) is 7.18. The van der Waals surface area contributed by atoms with Gasteiger partial charge in [-0.05, 0) is 38.7 Å². The number of aryl methyl sites for hydroxylation is 2. The van der Waals surface area contributed by atoms with Gasteiger partial charge in [-0.3, -0.25) is 4.79 Å². The van der Waals surface area contributed by atoms with Gasteiger partial charge in [0.2, 0.25) is 5.91 Å². The standard InChI is InChI=1S/C19H24N2O3/c1-13-17(14(2)24-20-13)12-19(23)21-10-6-9-16(21)11-18(22)15-7-4-3-5-8-15/h3-5,7-8,16,18,22H,6,9-12H2,1-2H3. The van der Waals surface area contributed by atoms with Gasteiger partial charge < -0.3 is 14.5 Å². The van der Waals surface area contributed by atoms with Crippen molar-refractivity contribution < 1.29 is 14.4 Å². The van der Waals surface area contributed by atoms with Gasteiger partial charge in [0.25, 0.3) is 0 Å². The van der Waals surface area contributed by atoms with Crippen LogP contribution < -0.4 is 0 Å². The molecule has 1 aliphatic rings. The fourth-order valence-corrected chi connectivity index (χ4v) is 3.49. The predicted molar refractivity (Wildman–Crippen MR) is 90.4 cm³/mol. The summed E-state index contributed by atoms with van der Waals surface area (Å²) in [6, 6.07) is 9.73. The SMILES string of the molecule is Cc1noc(C)c1CC(=O)N1CCCC1CC(O)c1ccccc1. The Morgan fingerprint density at radius 2 is 2.12 bits per heavy atom. The molecule has 128 valence electrons. The molecule has 2 heterocycles. The molecule has 1 amide bonds. The molecule has 2 atom stereocenters. The van der Waals surface area contributed by atoms with Crippen LogP contribution in [0.5, 0.6) is 0 Å². The highest BCUT2D eigenvalue weighted by atomic mass is 16.5. The molecule has 2 unspecified atom stereocenters. The van der Waals surface area contributed by atoms with Gasteiger partial charge in [0, 0.05) is 18.2 Å². The fraction of sp³-hybridized carbons (Fsp3) is 0.474. The number of benzene rings is 1. The van der Waals surface area contributed by atoms with Crippen LogP contribution in [-0.4, -0.2) is 33.7 Å². The van der Waals surface area contributed by atoms with Crippen molar-refractivity contribution in [3.05, 3.63) is 52.9 Å². The summed E-state index contributed by atoms with van der Waals surface area (Å²) in [4.78, 5) is 14.6. The Balaban J connectivity index is 1.66. The first-order valence-electron chi connectivity index (χ1n) is 8.50. The van der Waals surface area contributed by atoms with E-state index in [9.17, 15) is 9.90 Å². The highest BCUT2D eigenvalue weighted by molar-refractivity contribution is 5.79. The van der Waals surface area contributed by atoms with Gasteiger partial charge in [-0.25, -0.2) is 0 Å². The van der Waals surface area contributed by atoms with Crippen LogP contribution in [0.25, 0.3) is 0 Å². The van der Waals surface area contributed by atoms with E-state index in [1.807, 2.05) is 49.1 Å². The third kappa shape index (κ3) is 3.51. The molecular weight excluding hydrogens is 304 g/mol. The number of nitrogens with zero attached hydrogens (tertiary/aromatic N) is 2. The average molecular weight is 328 g/mol. The van der Waals surface area contributed by atoms with Gasteiger partial charge in [-0.1, -0.05) is 35.5 Å². The van der Waals surface area contributed by atoms with Crippen LogP contribution in [-0.2, 0) is 11.2 Å². The Bertz CT molecular complexity index is 676. The fourth-order valence-electron chi connectivity index (χ4n) is 3.49. The first-order chi connectivity index (χ1) is 11.6. The number of hydrogen-bond donors (Lipinski definition) is 1. The lowest BCUT2D eigenvalue weighted by Gasteiger charge is -2.27. The molecule has 1 aliphatic heterocycles. The molecule has 1 fully saturated rings. The molecule has 0 aliphatic carbocycles. The molecule has 5 heteroatoms. The summed E-state index contributed by atoms with van der Waals surface area (Å²) in [5, 5.41) is 14.4. The number of aliphatic hydroxyl groups excluding tert-OH is 1. The Morgan fingerprint density at radius 3 is 2.79 bits per heavy atom. The van der Waals surface area contributed by atoms with Crippen molar-refractivity contribution in [3.63, 3.8) is 0 Å². The lowest BCUT2D eigenvalue weighted by molar-refractivity contribution is -0.131. The normalized spacial score (nSPS) is 18.8. The lowest BCUT2D eigenvalue weighted by atomic mass is 10.00. The van der Waals surface area contributed by atoms with Crippen LogP contribution in [0, 0.1) is 13.8 Å². The minimum Gasteiger partial charge on any atom is -0.388 e. The molecule has 3 rings (SSSR count). The average Bonchev–Trinajstić information content (AvgIpc) is 3.17. The van der Waals surface area contributed by atoms with E-state index in [2.05, 4.69) is 5.16 Å². The Kier molecular flexibility index (Phi) is 5.00. The van der Waals surface area contributed by atoms with E-state index in [0.29, 0.717) is 18.6 Å². The number of aliphatic hydroxyl groups is 1. The maximum Gasteiger partial charge on any atom is 0.227 e. The second-order valence-corrected chi connectivity index (χ2v) is 6.52. The molecule has 0 spiro atoms. The zero-order chi connectivity index (χ0) is 17.1. The summed E-state index contributed by atoms with van der Waals surface area (Å²) in [6.07, 6.45) is 2.29.